The van der Waals surface area contributed by atoms with Crippen molar-refractivity contribution >= 4 is 11.4 Å². The number of anilines is 2. The van der Waals surface area contributed by atoms with Gasteiger partial charge >= 0.3 is 0 Å². The molecule has 0 heterocycles. The lowest BCUT2D eigenvalue weighted by Crippen LogP contribution is -2.10. The van der Waals surface area contributed by atoms with Gasteiger partial charge in [-0.3, -0.25) is 0 Å². The highest BCUT2D eigenvalue weighted by molar-refractivity contribution is 5.47. The lowest BCUT2D eigenvalue weighted by Gasteiger charge is -2.12. The Hall–Kier alpha value is -2.36. The Bertz CT molecular complexity index is 524. The van der Waals surface area contributed by atoms with E-state index in [-0.39, 0.29) is 6.79 Å². The molecule has 0 radical (unpaired) electrons. The summed E-state index contributed by atoms with van der Waals surface area (Å²) in [7, 11) is 0. The number of hydrogen-bond acceptors (Lipinski definition) is 4. The van der Waals surface area contributed by atoms with E-state index in [1.165, 1.54) is 0 Å². The quantitative estimate of drug-likeness (QED) is 0.691. The summed E-state index contributed by atoms with van der Waals surface area (Å²) in [5.74, 6) is 1.58. The van der Waals surface area contributed by atoms with E-state index >= 15 is 0 Å². The molecule has 0 aliphatic rings. The lowest BCUT2D eigenvalue weighted by atomic mass is 10.2. The van der Waals surface area contributed by atoms with Crippen molar-refractivity contribution in [1.82, 2.24) is 0 Å². The van der Waals surface area contributed by atoms with Gasteiger partial charge in [-0.2, -0.15) is 0 Å². The average Bonchev–Trinajstić information content (AvgIpc) is 2.50. The molecular formula is C19H26N2O2. The van der Waals surface area contributed by atoms with E-state index in [4.69, 9.17) is 9.47 Å². The average molecular weight is 314 g/mol. The molecule has 0 fully saturated rings. The van der Waals surface area contributed by atoms with Gasteiger partial charge in [0.25, 0.3) is 0 Å². The third kappa shape index (κ3) is 6.10. The highest BCUT2D eigenvalue weighted by Crippen LogP contribution is 2.18. The summed E-state index contributed by atoms with van der Waals surface area (Å²) in [5.41, 5.74) is 2.17. The number of nitrogens with one attached hydrogen (secondary N) is 2. The predicted octanol–water partition coefficient (Wildman–Crippen LogP) is 4.74. The first-order valence-electron chi connectivity index (χ1n) is 8.02. The lowest BCUT2D eigenvalue weighted by molar-refractivity contribution is 0.120. The number of benzene rings is 2. The van der Waals surface area contributed by atoms with Crippen molar-refractivity contribution in [2.45, 2.75) is 39.8 Å². The van der Waals surface area contributed by atoms with Crippen molar-refractivity contribution in [3.05, 3.63) is 48.5 Å². The fourth-order valence-corrected chi connectivity index (χ4v) is 2.13. The van der Waals surface area contributed by atoms with Crippen LogP contribution in [0.25, 0.3) is 0 Å². The molecule has 0 atom stereocenters. The topological polar surface area (TPSA) is 42.5 Å². The molecular weight excluding hydrogens is 288 g/mol. The Balaban J connectivity index is 1.78. The van der Waals surface area contributed by atoms with E-state index in [0.717, 1.165) is 22.9 Å². The number of ether oxygens (including phenoxy) is 2. The van der Waals surface area contributed by atoms with Gasteiger partial charge < -0.3 is 20.1 Å². The molecule has 0 saturated heterocycles. The number of hydrogen-bond donors (Lipinski definition) is 2. The fraction of sp³-hybridized carbons (Fsp3) is 0.368. The Morgan fingerprint density at radius 2 is 1.00 bits per heavy atom. The van der Waals surface area contributed by atoms with Crippen LogP contribution in [-0.4, -0.2) is 18.9 Å². The van der Waals surface area contributed by atoms with Crippen LogP contribution < -0.4 is 20.1 Å². The van der Waals surface area contributed by atoms with Gasteiger partial charge in [-0.15, -0.1) is 0 Å². The maximum absolute atomic E-state index is 5.60. The van der Waals surface area contributed by atoms with Crippen molar-refractivity contribution < 1.29 is 9.47 Å². The summed E-state index contributed by atoms with van der Waals surface area (Å²) >= 11 is 0. The van der Waals surface area contributed by atoms with E-state index in [9.17, 15) is 0 Å². The van der Waals surface area contributed by atoms with Gasteiger partial charge in [0.2, 0.25) is 6.79 Å². The molecule has 2 rings (SSSR count). The second-order valence-corrected chi connectivity index (χ2v) is 6.05. The van der Waals surface area contributed by atoms with Crippen LogP contribution in [0.5, 0.6) is 11.5 Å². The summed E-state index contributed by atoms with van der Waals surface area (Å²) in [6.45, 7) is 8.63. The van der Waals surface area contributed by atoms with Crippen LogP contribution in [-0.2, 0) is 0 Å². The molecule has 0 aliphatic heterocycles. The molecule has 0 aliphatic carbocycles. The van der Waals surface area contributed by atoms with Crippen molar-refractivity contribution in [1.29, 1.82) is 0 Å². The molecule has 124 valence electrons. The van der Waals surface area contributed by atoms with Crippen LogP contribution in [0.3, 0.4) is 0 Å². The van der Waals surface area contributed by atoms with E-state index < -0.39 is 0 Å². The van der Waals surface area contributed by atoms with Crippen LogP contribution in [0.1, 0.15) is 27.7 Å². The largest absolute Gasteiger partial charge is 0.458 e. The van der Waals surface area contributed by atoms with Gasteiger partial charge in [-0.25, -0.2) is 0 Å². The van der Waals surface area contributed by atoms with E-state index in [1.54, 1.807) is 0 Å². The SMILES string of the molecule is CC(C)Nc1ccc(OCOc2ccc(NC(C)C)cc2)cc1. The van der Waals surface area contributed by atoms with Gasteiger partial charge in [-0.1, -0.05) is 0 Å². The third-order valence-electron chi connectivity index (χ3n) is 3.07. The Labute approximate surface area is 138 Å². The van der Waals surface area contributed by atoms with Gasteiger partial charge in [0, 0.05) is 23.5 Å². The minimum absolute atomic E-state index is 0.188. The highest BCUT2D eigenvalue weighted by atomic mass is 16.7. The Morgan fingerprint density at radius 1 is 0.652 bits per heavy atom. The second kappa shape index (κ2) is 8.32. The van der Waals surface area contributed by atoms with Crippen LogP contribution in [0.2, 0.25) is 0 Å². The molecule has 0 saturated carbocycles. The molecule has 4 heteroatoms. The molecule has 0 aromatic heterocycles. The molecule has 0 bridgehead atoms. The molecule has 2 N–H and O–H groups in total. The first-order chi connectivity index (χ1) is 11.0. The maximum atomic E-state index is 5.60. The van der Waals surface area contributed by atoms with Crippen LogP contribution in [0.15, 0.2) is 48.5 Å². The Kier molecular flexibility index (Phi) is 6.15. The minimum Gasteiger partial charge on any atom is -0.458 e. The van der Waals surface area contributed by atoms with Crippen molar-refractivity contribution in [2.75, 3.05) is 17.4 Å². The zero-order valence-electron chi connectivity index (χ0n) is 14.3. The monoisotopic (exact) mass is 314 g/mol. The summed E-state index contributed by atoms with van der Waals surface area (Å²) in [6.07, 6.45) is 0. The normalized spacial score (nSPS) is 10.7. The molecule has 0 spiro atoms. The first kappa shape index (κ1) is 17.0. The molecule has 0 amide bonds. The minimum atomic E-state index is 0.188. The van der Waals surface area contributed by atoms with Crippen LogP contribution in [0, 0.1) is 0 Å². The molecule has 4 nitrogen and oxygen atoms in total. The van der Waals surface area contributed by atoms with E-state index in [2.05, 4.69) is 38.3 Å². The first-order valence-corrected chi connectivity index (χ1v) is 8.02. The molecule has 2 aromatic rings. The second-order valence-electron chi connectivity index (χ2n) is 6.05. The number of rotatable bonds is 8. The Morgan fingerprint density at radius 3 is 1.30 bits per heavy atom. The van der Waals surface area contributed by atoms with Crippen LogP contribution in [0.4, 0.5) is 11.4 Å². The summed E-state index contributed by atoms with van der Waals surface area (Å²) < 4.78 is 11.2. The predicted molar refractivity (Wildman–Crippen MR) is 96.5 cm³/mol. The highest BCUT2D eigenvalue weighted by Gasteiger charge is 1.99. The van der Waals surface area contributed by atoms with Gasteiger partial charge in [0.15, 0.2) is 0 Å². The molecule has 0 unspecified atom stereocenters. The van der Waals surface area contributed by atoms with E-state index in [0.29, 0.717) is 12.1 Å². The zero-order chi connectivity index (χ0) is 16.7. The van der Waals surface area contributed by atoms with Gasteiger partial charge in [-0.05, 0) is 76.2 Å². The zero-order valence-corrected chi connectivity index (χ0v) is 14.3. The van der Waals surface area contributed by atoms with E-state index in [1.807, 2.05) is 48.5 Å². The third-order valence-corrected chi connectivity index (χ3v) is 3.07. The van der Waals surface area contributed by atoms with Crippen molar-refractivity contribution in [2.24, 2.45) is 0 Å². The fourth-order valence-electron chi connectivity index (χ4n) is 2.13. The molecule has 2 aromatic carbocycles. The smallest absolute Gasteiger partial charge is 0.230 e. The standard InChI is InChI=1S/C19H26N2O2/c1-14(2)20-16-5-9-18(10-6-16)22-13-23-19-11-7-17(8-12-19)21-15(3)4/h5-12,14-15,20-21H,13H2,1-4H3. The van der Waals surface area contributed by atoms with Crippen molar-refractivity contribution in [3.63, 3.8) is 0 Å². The summed E-state index contributed by atoms with van der Waals surface area (Å²) in [5, 5.41) is 6.68. The van der Waals surface area contributed by atoms with Gasteiger partial charge in [0.05, 0.1) is 0 Å². The van der Waals surface area contributed by atoms with Gasteiger partial charge in [0.1, 0.15) is 11.5 Å². The van der Waals surface area contributed by atoms with Crippen molar-refractivity contribution in [3.8, 4) is 11.5 Å². The van der Waals surface area contributed by atoms with Crippen LogP contribution >= 0.6 is 0 Å². The summed E-state index contributed by atoms with van der Waals surface area (Å²) in [4.78, 5) is 0. The maximum Gasteiger partial charge on any atom is 0.230 e. The summed E-state index contributed by atoms with van der Waals surface area (Å²) in [6, 6.07) is 16.6. The molecule has 23 heavy (non-hydrogen) atoms.